The van der Waals surface area contributed by atoms with Crippen molar-refractivity contribution < 1.29 is 47.9 Å². The van der Waals surface area contributed by atoms with E-state index < -0.39 is 23.7 Å². The minimum atomic E-state index is -0.983. The number of methoxy groups -OCH3 is 1. The predicted octanol–water partition coefficient (Wildman–Crippen LogP) is 10.8. The van der Waals surface area contributed by atoms with Gasteiger partial charge in [-0.1, -0.05) is 149 Å². The Morgan fingerprint density at radius 1 is 0.559 bits per heavy atom. The highest BCUT2D eigenvalue weighted by atomic mass is 16.6. The summed E-state index contributed by atoms with van der Waals surface area (Å²) in [4.78, 5) is 24.6. The largest absolute Gasteiger partial charge is 0.467 e. The van der Waals surface area contributed by atoms with Crippen molar-refractivity contribution >= 4 is 12.1 Å². The summed E-state index contributed by atoms with van der Waals surface area (Å²) in [7, 11) is 1.27. The van der Waals surface area contributed by atoms with Gasteiger partial charge in [-0.15, -0.1) is 0 Å². The molecule has 0 aromatic heterocycles. The maximum absolute atomic E-state index is 12.3. The van der Waals surface area contributed by atoms with Gasteiger partial charge in [0, 0.05) is 26.4 Å². The molecule has 0 unspecified atom stereocenters. The van der Waals surface area contributed by atoms with Gasteiger partial charge in [0.15, 0.2) is 6.04 Å². The maximum atomic E-state index is 12.3. The molecule has 376 valence electrons. The first kappa shape index (κ1) is 57.7. The number of rotatable bonds is 29. The zero-order valence-electron chi connectivity index (χ0n) is 42.6. The Balaban J connectivity index is 0.000000392. The number of hydrogen-bond acceptors (Lipinski definition) is 10. The van der Waals surface area contributed by atoms with Crippen LogP contribution in [0.25, 0.3) is 0 Å². The Morgan fingerprint density at radius 2 is 0.956 bits per heavy atom. The topological polar surface area (TPSA) is 131 Å². The number of nitrogens with one attached hydrogen (secondary N) is 1. The molecule has 0 saturated heterocycles. The molecule has 68 heavy (non-hydrogen) atoms. The number of alkyl carbamates (subject to hydrolysis) is 1. The Labute approximate surface area is 408 Å². The Bertz CT molecular complexity index is 1890. The first-order chi connectivity index (χ1) is 32.6. The smallest absolute Gasteiger partial charge is 0.408 e. The number of hydrogen-bond donors (Lipinski definition) is 2. The van der Waals surface area contributed by atoms with Gasteiger partial charge in [0.1, 0.15) is 5.60 Å². The van der Waals surface area contributed by atoms with Crippen molar-refractivity contribution in [3.8, 4) is 0 Å². The lowest BCUT2D eigenvalue weighted by Gasteiger charge is -2.33. The first-order valence-electron chi connectivity index (χ1n) is 24.5. The fourth-order valence-electron chi connectivity index (χ4n) is 7.67. The minimum Gasteiger partial charge on any atom is -0.467 e. The average Bonchev–Trinajstić information content (AvgIpc) is 3.31. The van der Waals surface area contributed by atoms with Crippen LogP contribution < -0.4 is 5.32 Å². The molecule has 0 aliphatic heterocycles. The van der Waals surface area contributed by atoms with E-state index in [0.717, 1.165) is 24.0 Å². The highest BCUT2D eigenvalue weighted by Gasteiger charge is 2.31. The third kappa shape index (κ3) is 24.1. The quantitative estimate of drug-likeness (QED) is 0.0401. The second kappa shape index (κ2) is 32.2. The zero-order valence-corrected chi connectivity index (χ0v) is 42.6. The van der Waals surface area contributed by atoms with Crippen molar-refractivity contribution in [2.45, 2.75) is 137 Å². The summed E-state index contributed by atoms with van der Waals surface area (Å²) in [6.07, 6.45) is 1.87. The predicted molar refractivity (Wildman–Crippen MR) is 270 cm³/mol. The van der Waals surface area contributed by atoms with Gasteiger partial charge >= 0.3 is 12.1 Å². The number of carbonyl (C=O) groups excluding carboxylic acids is 2. The van der Waals surface area contributed by atoms with Gasteiger partial charge in [-0.05, 0) is 106 Å². The lowest BCUT2D eigenvalue weighted by atomic mass is 9.88. The van der Waals surface area contributed by atoms with E-state index in [0.29, 0.717) is 57.7 Å². The average molecular weight is 942 g/mol. The highest BCUT2D eigenvalue weighted by molar-refractivity contribution is 5.81. The van der Waals surface area contributed by atoms with Crippen LogP contribution >= 0.6 is 0 Å². The molecule has 0 aliphatic carbocycles. The molecule has 4 rings (SSSR count). The van der Waals surface area contributed by atoms with Crippen molar-refractivity contribution in [3.63, 3.8) is 0 Å². The molecular formula is C57H83NO10. The monoisotopic (exact) mass is 942 g/mol. The number of amides is 1. The van der Waals surface area contributed by atoms with Crippen molar-refractivity contribution in [3.05, 3.63) is 144 Å². The second-order valence-electron chi connectivity index (χ2n) is 19.4. The van der Waals surface area contributed by atoms with Crippen LogP contribution in [0.1, 0.15) is 97.4 Å². The van der Waals surface area contributed by atoms with Gasteiger partial charge < -0.3 is 43.6 Å². The molecule has 1 amide bonds. The summed E-state index contributed by atoms with van der Waals surface area (Å²) >= 11 is 0. The third-order valence-electron chi connectivity index (χ3n) is 11.1. The first-order valence-corrected chi connectivity index (χ1v) is 24.5. The van der Waals surface area contributed by atoms with Gasteiger partial charge in [-0.2, -0.15) is 0 Å². The Hall–Kier alpha value is -4.62. The van der Waals surface area contributed by atoms with E-state index in [9.17, 15) is 14.7 Å². The number of aliphatic hydroxyl groups excluding tert-OH is 1. The SMILES string of the molecule is CC(C)CO[C@H]([C@H](CCO)Cc1ccccc1)[C@H](C)OCc1ccccc1.COC(=O)[C@H](COCC[C@H](Cc1ccccc1)[C@@H](OCC(C)C)[C@H](C)OCc1ccccc1)NC(=O)OC(C)(C)C. The summed E-state index contributed by atoms with van der Waals surface area (Å²) in [6.45, 7) is 20.8. The van der Waals surface area contributed by atoms with E-state index >= 15 is 0 Å². The normalized spacial score (nSPS) is 14.7. The lowest BCUT2D eigenvalue weighted by molar-refractivity contribution is -0.145. The second-order valence-corrected chi connectivity index (χ2v) is 19.4. The molecule has 4 aromatic carbocycles. The van der Waals surface area contributed by atoms with Crippen LogP contribution in [-0.2, 0) is 64.0 Å². The summed E-state index contributed by atoms with van der Waals surface area (Å²) in [6, 6.07) is 40.1. The molecule has 0 fully saturated rings. The molecule has 11 heteroatoms. The molecule has 0 bridgehead atoms. The van der Waals surface area contributed by atoms with E-state index in [1.165, 1.54) is 18.2 Å². The molecule has 0 aliphatic rings. The molecule has 7 atom stereocenters. The molecule has 0 spiro atoms. The van der Waals surface area contributed by atoms with Crippen LogP contribution in [0, 0.1) is 23.7 Å². The zero-order chi connectivity index (χ0) is 49.7. The van der Waals surface area contributed by atoms with Gasteiger partial charge in [0.05, 0.1) is 51.3 Å². The number of ether oxygens (including phenoxy) is 7. The van der Waals surface area contributed by atoms with Crippen molar-refractivity contribution in [1.82, 2.24) is 5.32 Å². The van der Waals surface area contributed by atoms with Crippen LogP contribution in [0.4, 0.5) is 4.79 Å². The summed E-state index contributed by atoms with van der Waals surface area (Å²) in [5.41, 5.74) is 4.04. The third-order valence-corrected chi connectivity index (χ3v) is 11.1. The number of benzene rings is 4. The number of aliphatic hydroxyl groups is 1. The van der Waals surface area contributed by atoms with Gasteiger partial charge in [0.2, 0.25) is 0 Å². The van der Waals surface area contributed by atoms with Gasteiger partial charge in [-0.25, -0.2) is 9.59 Å². The summed E-state index contributed by atoms with van der Waals surface area (Å²) in [5, 5.41) is 12.2. The fraction of sp³-hybridized carbons (Fsp3) is 0.544. The number of carbonyl (C=O) groups is 2. The fourth-order valence-corrected chi connectivity index (χ4v) is 7.67. The van der Waals surface area contributed by atoms with Crippen LogP contribution in [0.3, 0.4) is 0 Å². The number of esters is 1. The molecule has 0 heterocycles. The van der Waals surface area contributed by atoms with Crippen LogP contribution in [-0.4, -0.2) is 93.4 Å². The van der Waals surface area contributed by atoms with E-state index in [1.54, 1.807) is 20.8 Å². The lowest BCUT2D eigenvalue weighted by Crippen LogP contribution is -2.46. The van der Waals surface area contributed by atoms with Crippen molar-refractivity contribution in [2.75, 3.05) is 40.1 Å². The minimum absolute atomic E-state index is 0.0401. The Kier molecular flexibility index (Phi) is 27.4. The van der Waals surface area contributed by atoms with Gasteiger partial charge in [-0.3, -0.25) is 0 Å². The van der Waals surface area contributed by atoms with Crippen molar-refractivity contribution in [1.29, 1.82) is 0 Å². The maximum Gasteiger partial charge on any atom is 0.408 e. The molecule has 0 saturated carbocycles. The van der Waals surface area contributed by atoms with Crippen LogP contribution in [0.2, 0.25) is 0 Å². The summed E-state index contributed by atoms with van der Waals surface area (Å²) < 4.78 is 41.4. The molecule has 11 nitrogen and oxygen atoms in total. The summed E-state index contributed by atoms with van der Waals surface area (Å²) in [5.74, 6) is 0.518. The van der Waals surface area contributed by atoms with E-state index in [4.69, 9.17) is 33.2 Å². The molecule has 2 N–H and O–H groups in total. The van der Waals surface area contributed by atoms with E-state index in [1.807, 2.05) is 60.7 Å². The molecular weight excluding hydrogens is 859 g/mol. The van der Waals surface area contributed by atoms with E-state index in [2.05, 4.69) is 108 Å². The Morgan fingerprint density at radius 3 is 1.32 bits per heavy atom. The molecule has 0 radical (unpaired) electrons. The van der Waals surface area contributed by atoms with E-state index in [-0.39, 0.29) is 49.5 Å². The van der Waals surface area contributed by atoms with Crippen molar-refractivity contribution in [2.24, 2.45) is 23.7 Å². The van der Waals surface area contributed by atoms with Gasteiger partial charge in [0.25, 0.3) is 0 Å². The van der Waals surface area contributed by atoms with Crippen LogP contribution in [0.15, 0.2) is 121 Å². The standard InChI is InChI=1S/C33H49NO7.C24H34O3/c1-24(2)21-40-30(25(3)39-22-27-16-12-9-13-17-27)28(20-26-14-10-8-11-15-26)18-19-38-23-29(31(35)37-7)34-32(36)41-33(4,5)6;1-19(2)17-27-24(20(3)26-18-22-12-8-5-9-13-22)23(14-15-25)16-21-10-6-4-7-11-21/h8-17,24-25,28-30H,18-23H2,1-7H3,(H,34,36);4-13,19-20,23-25H,14-18H2,1-3H3/t25-,28+,29-,30-;20-,23+,24-/m00/s1. The highest BCUT2D eigenvalue weighted by Crippen LogP contribution is 2.26. The molecule has 4 aromatic rings. The van der Waals surface area contributed by atoms with Crippen LogP contribution in [0.5, 0.6) is 0 Å².